The number of hydrogen-bond acceptors (Lipinski definition) is 4. The standard InChI is InChI=1S/C13H15F2N3O/c1-8-6-9(11(15)7-10(8)14)13-18-17-12(19-13)4-3-5-16-2/h6-7,16H,3-5H2,1-2H3. The molecule has 1 heterocycles. The van der Waals surface area contributed by atoms with Gasteiger partial charge >= 0.3 is 0 Å². The van der Waals surface area contributed by atoms with E-state index in [0.717, 1.165) is 19.0 Å². The summed E-state index contributed by atoms with van der Waals surface area (Å²) in [4.78, 5) is 0. The lowest BCUT2D eigenvalue weighted by Crippen LogP contribution is -2.08. The van der Waals surface area contributed by atoms with E-state index in [1.807, 2.05) is 7.05 Å². The minimum Gasteiger partial charge on any atom is -0.421 e. The Kier molecular flexibility index (Phi) is 4.21. The van der Waals surface area contributed by atoms with Crippen molar-refractivity contribution in [3.63, 3.8) is 0 Å². The maximum atomic E-state index is 13.7. The Bertz CT molecular complexity index is 569. The highest BCUT2D eigenvalue weighted by Gasteiger charge is 2.15. The van der Waals surface area contributed by atoms with Gasteiger partial charge in [-0.15, -0.1) is 10.2 Å². The van der Waals surface area contributed by atoms with Crippen LogP contribution in [0.15, 0.2) is 16.5 Å². The molecule has 0 bridgehead atoms. The first-order valence-corrected chi connectivity index (χ1v) is 6.05. The number of aromatic nitrogens is 2. The molecular weight excluding hydrogens is 252 g/mol. The van der Waals surface area contributed by atoms with Gasteiger partial charge in [0.05, 0.1) is 5.56 Å². The summed E-state index contributed by atoms with van der Waals surface area (Å²) in [5.41, 5.74) is 0.470. The zero-order valence-corrected chi connectivity index (χ0v) is 10.8. The van der Waals surface area contributed by atoms with Gasteiger partial charge < -0.3 is 9.73 Å². The molecule has 0 saturated carbocycles. The number of rotatable bonds is 5. The van der Waals surface area contributed by atoms with E-state index in [9.17, 15) is 8.78 Å². The Morgan fingerprint density at radius 3 is 2.74 bits per heavy atom. The van der Waals surface area contributed by atoms with Crippen LogP contribution in [-0.4, -0.2) is 23.8 Å². The molecule has 0 atom stereocenters. The van der Waals surface area contributed by atoms with Gasteiger partial charge in [0.25, 0.3) is 5.89 Å². The average Bonchev–Trinajstić information content (AvgIpc) is 2.83. The molecule has 1 aromatic carbocycles. The van der Waals surface area contributed by atoms with Gasteiger partial charge in [-0.3, -0.25) is 0 Å². The fourth-order valence-electron chi connectivity index (χ4n) is 1.70. The zero-order valence-electron chi connectivity index (χ0n) is 10.8. The average molecular weight is 267 g/mol. The van der Waals surface area contributed by atoms with Crippen LogP contribution < -0.4 is 5.32 Å². The van der Waals surface area contributed by atoms with Crippen molar-refractivity contribution in [3.05, 3.63) is 35.2 Å². The summed E-state index contributed by atoms with van der Waals surface area (Å²) in [5, 5.41) is 10.7. The van der Waals surface area contributed by atoms with Gasteiger partial charge in [0.15, 0.2) is 0 Å². The number of benzene rings is 1. The fraction of sp³-hybridized carbons (Fsp3) is 0.385. The molecule has 0 amide bonds. The van der Waals surface area contributed by atoms with Gasteiger partial charge in [0.1, 0.15) is 11.6 Å². The summed E-state index contributed by atoms with van der Waals surface area (Å²) >= 11 is 0. The molecule has 0 aliphatic carbocycles. The summed E-state index contributed by atoms with van der Waals surface area (Å²) in [6.45, 7) is 2.39. The Morgan fingerprint density at radius 2 is 2.00 bits per heavy atom. The number of hydrogen-bond donors (Lipinski definition) is 1. The molecule has 2 aromatic rings. The molecule has 4 nitrogen and oxygen atoms in total. The Morgan fingerprint density at radius 1 is 1.21 bits per heavy atom. The minimum atomic E-state index is -0.700. The quantitative estimate of drug-likeness (QED) is 0.845. The molecule has 1 aromatic heterocycles. The third-order valence-corrected chi connectivity index (χ3v) is 2.76. The van der Waals surface area contributed by atoms with E-state index in [1.165, 1.54) is 6.07 Å². The van der Waals surface area contributed by atoms with Crippen molar-refractivity contribution in [2.24, 2.45) is 0 Å². The minimum absolute atomic E-state index is 0.0834. The lowest BCUT2D eigenvalue weighted by Gasteiger charge is -2.01. The van der Waals surface area contributed by atoms with Crippen molar-refractivity contribution in [3.8, 4) is 11.5 Å². The maximum Gasteiger partial charge on any atom is 0.250 e. The van der Waals surface area contributed by atoms with Crippen molar-refractivity contribution < 1.29 is 13.2 Å². The van der Waals surface area contributed by atoms with Crippen molar-refractivity contribution >= 4 is 0 Å². The molecule has 0 unspecified atom stereocenters. The van der Waals surface area contributed by atoms with Crippen LogP contribution >= 0.6 is 0 Å². The molecule has 0 fully saturated rings. The van der Waals surface area contributed by atoms with Crippen LogP contribution in [0.25, 0.3) is 11.5 Å². The normalized spacial score (nSPS) is 10.9. The highest BCUT2D eigenvalue weighted by Crippen LogP contribution is 2.24. The second-order valence-electron chi connectivity index (χ2n) is 4.29. The molecular formula is C13H15F2N3O. The molecule has 0 aliphatic heterocycles. The third-order valence-electron chi connectivity index (χ3n) is 2.76. The predicted molar refractivity (Wildman–Crippen MR) is 66.6 cm³/mol. The van der Waals surface area contributed by atoms with Crippen molar-refractivity contribution in [2.45, 2.75) is 19.8 Å². The maximum absolute atomic E-state index is 13.7. The lowest BCUT2D eigenvalue weighted by atomic mass is 10.1. The Hall–Kier alpha value is -1.82. The van der Waals surface area contributed by atoms with E-state index < -0.39 is 11.6 Å². The number of halogens is 2. The summed E-state index contributed by atoms with van der Waals surface area (Å²) in [6.07, 6.45) is 1.47. The predicted octanol–water partition coefficient (Wildman–Crippen LogP) is 2.48. The molecule has 19 heavy (non-hydrogen) atoms. The first-order chi connectivity index (χ1) is 9.11. The van der Waals surface area contributed by atoms with Crippen LogP contribution in [0.5, 0.6) is 0 Å². The monoisotopic (exact) mass is 267 g/mol. The fourth-order valence-corrected chi connectivity index (χ4v) is 1.70. The van der Waals surface area contributed by atoms with Crippen LogP contribution in [0.4, 0.5) is 8.78 Å². The topological polar surface area (TPSA) is 51.0 Å². The number of aryl methyl sites for hydroxylation is 2. The van der Waals surface area contributed by atoms with Gasteiger partial charge in [-0.1, -0.05) is 0 Å². The summed E-state index contributed by atoms with van der Waals surface area (Å²) in [7, 11) is 1.86. The van der Waals surface area contributed by atoms with Gasteiger partial charge in [0, 0.05) is 12.5 Å². The molecule has 2 rings (SSSR count). The molecule has 1 N–H and O–H groups in total. The van der Waals surface area contributed by atoms with Crippen LogP contribution in [-0.2, 0) is 6.42 Å². The van der Waals surface area contributed by atoms with Crippen molar-refractivity contribution in [1.29, 1.82) is 0 Å². The molecule has 0 radical (unpaired) electrons. The molecule has 102 valence electrons. The van der Waals surface area contributed by atoms with E-state index in [4.69, 9.17) is 4.42 Å². The van der Waals surface area contributed by atoms with Gasteiger partial charge in [-0.2, -0.15) is 0 Å². The highest BCUT2D eigenvalue weighted by atomic mass is 19.1. The van der Waals surface area contributed by atoms with Crippen molar-refractivity contribution in [2.75, 3.05) is 13.6 Å². The van der Waals surface area contributed by atoms with E-state index in [1.54, 1.807) is 6.92 Å². The van der Waals surface area contributed by atoms with Crippen LogP contribution in [0.3, 0.4) is 0 Å². The van der Waals surface area contributed by atoms with Crippen molar-refractivity contribution in [1.82, 2.24) is 15.5 Å². The largest absolute Gasteiger partial charge is 0.421 e. The van der Waals surface area contributed by atoms with Gasteiger partial charge in [-0.25, -0.2) is 8.78 Å². The lowest BCUT2D eigenvalue weighted by molar-refractivity contribution is 0.490. The first-order valence-electron chi connectivity index (χ1n) is 6.05. The second-order valence-corrected chi connectivity index (χ2v) is 4.29. The highest BCUT2D eigenvalue weighted by molar-refractivity contribution is 5.55. The zero-order chi connectivity index (χ0) is 13.8. The Balaban J connectivity index is 2.20. The van der Waals surface area contributed by atoms with Crippen LogP contribution in [0, 0.1) is 18.6 Å². The second kappa shape index (κ2) is 5.88. The van der Waals surface area contributed by atoms with Crippen LogP contribution in [0.2, 0.25) is 0 Å². The smallest absolute Gasteiger partial charge is 0.250 e. The summed E-state index contributed by atoms with van der Waals surface area (Å²) < 4.78 is 32.2. The summed E-state index contributed by atoms with van der Waals surface area (Å²) in [6, 6.07) is 2.20. The molecule has 6 heteroatoms. The van der Waals surface area contributed by atoms with Crippen LogP contribution in [0.1, 0.15) is 17.9 Å². The van der Waals surface area contributed by atoms with E-state index in [-0.39, 0.29) is 11.5 Å². The number of nitrogens with zero attached hydrogens (tertiary/aromatic N) is 2. The first kappa shape index (κ1) is 13.6. The number of nitrogens with one attached hydrogen (secondary N) is 1. The van der Waals surface area contributed by atoms with E-state index >= 15 is 0 Å². The van der Waals surface area contributed by atoms with Gasteiger partial charge in [0.2, 0.25) is 5.89 Å². The molecule has 0 aliphatic rings. The summed E-state index contributed by atoms with van der Waals surface area (Å²) in [5.74, 6) is -0.754. The molecule has 0 saturated heterocycles. The third kappa shape index (κ3) is 3.14. The van der Waals surface area contributed by atoms with E-state index in [2.05, 4.69) is 15.5 Å². The van der Waals surface area contributed by atoms with Gasteiger partial charge in [-0.05, 0) is 38.6 Å². The SMILES string of the molecule is CNCCCc1nnc(-c2cc(C)c(F)cc2F)o1. The van der Waals surface area contributed by atoms with E-state index in [0.29, 0.717) is 17.9 Å². The Labute approximate surface area is 109 Å². The molecule has 0 spiro atoms.